The monoisotopic (exact) mass is 409 g/mol. The predicted molar refractivity (Wildman–Crippen MR) is 114 cm³/mol. The molecule has 1 saturated heterocycles. The fourth-order valence-electron chi connectivity index (χ4n) is 3.59. The van der Waals surface area contributed by atoms with Crippen molar-refractivity contribution in [2.24, 2.45) is 0 Å². The number of nitrogens with zero attached hydrogens (tertiary/aromatic N) is 2. The number of nitrogens with one attached hydrogen (secondary N) is 2. The minimum Gasteiger partial charge on any atom is -0.352 e. The third kappa shape index (κ3) is 4.99. The van der Waals surface area contributed by atoms with Crippen LogP contribution >= 0.6 is 11.3 Å². The summed E-state index contributed by atoms with van der Waals surface area (Å²) < 4.78 is 1.23. The van der Waals surface area contributed by atoms with Gasteiger partial charge in [0.1, 0.15) is 11.6 Å². The molecule has 1 aliphatic rings. The highest BCUT2D eigenvalue weighted by molar-refractivity contribution is 7.18. The first-order chi connectivity index (χ1) is 14.2. The third-order valence-corrected chi connectivity index (χ3v) is 6.26. The third-order valence-electron chi connectivity index (χ3n) is 5.22. The van der Waals surface area contributed by atoms with Gasteiger partial charge in [0.25, 0.3) is 5.91 Å². The molecule has 0 radical (unpaired) electrons. The second-order valence-electron chi connectivity index (χ2n) is 7.25. The number of hydrogen-bond donors (Lipinski definition) is 2. The predicted octanol–water partition coefficient (Wildman–Crippen LogP) is 1.34. The average Bonchev–Trinajstić information content (AvgIpc) is 3.17. The second kappa shape index (κ2) is 9.15. The largest absolute Gasteiger partial charge is 0.352 e. The van der Waals surface area contributed by atoms with Crippen LogP contribution in [-0.4, -0.2) is 54.4 Å². The van der Waals surface area contributed by atoms with E-state index in [0.29, 0.717) is 18.5 Å². The molecule has 0 bridgehead atoms. The molecule has 2 aromatic carbocycles. The lowest BCUT2D eigenvalue weighted by Gasteiger charge is -2.31. The van der Waals surface area contributed by atoms with Gasteiger partial charge in [0, 0.05) is 18.5 Å². The highest BCUT2D eigenvalue weighted by Crippen LogP contribution is 2.20. The fourth-order valence-corrected chi connectivity index (χ4v) is 4.63. The first-order valence-corrected chi connectivity index (χ1v) is 10.8. The van der Waals surface area contributed by atoms with E-state index in [4.69, 9.17) is 4.98 Å². The van der Waals surface area contributed by atoms with Gasteiger partial charge in [-0.2, -0.15) is 0 Å². The standard InChI is InChI=1S/C22H24N4O2S/c27-21(10-11-23-22(28)17-6-2-1-3-7-17)26-14-12-25(13-15-26)16-20-24-18-8-4-5-9-19(18)29-20/h1-9H,10-16H2,(H,23,28)/p+1. The number of piperazine rings is 1. The van der Waals surface area contributed by atoms with Crippen LogP contribution in [0.25, 0.3) is 10.2 Å². The summed E-state index contributed by atoms with van der Waals surface area (Å²) in [6.45, 7) is 4.65. The quantitative estimate of drug-likeness (QED) is 0.646. The number of quaternary nitrogens is 1. The summed E-state index contributed by atoms with van der Waals surface area (Å²) in [4.78, 5) is 32.6. The molecule has 6 nitrogen and oxygen atoms in total. The molecule has 3 aromatic rings. The van der Waals surface area contributed by atoms with Crippen molar-refractivity contribution in [2.45, 2.75) is 13.0 Å². The van der Waals surface area contributed by atoms with Gasteiger partial charge >= 0.3 is 0 Å². The summed E-state index contributed by atoms with van der Waals surface area (Å²) in [7, 11) is 0. The van der Waals surface area contributed by atoms with Crippen molar-refractivity contribution in [2.75, 3.05) is 32.7 Å². The van der Waals surface area contributed by atoms with E-state index in [1.54, 1.807) is 23.5 Å². The highest BCUT2D eigenvalue weighted by atomic mass is 32.1. The summed E-state index contributed by atoms with van der Waals surface area (Å²) in [5.41, 5.74) is 1.69. The van der Waals surface area contributed by atoms with E-state index in [2.05, 4.69) is 17.4 Å². The number of aromatic nitrogens is 1. The molecule has 0 aliphatic carbocycles. The fraction of sp³-hybridized carbons (Fsp3) is 0.318. The topological polar surface area (TPSA) is 66.7 Å². The zero-order valence-electron chi connectivity index (χ0n) is 16.3. The van der Waals surface area contributed by atoms with Gasteiger partial charge in [-0.3, -0.25) is 9.59 Å². The van der Waals surface area contributed by atoms with Crippen LogP contribution in [0.5, 0.6) is 0 Å². The van der Waals surface area contributed by atoms with Crippen molar-refractivity contribution in [1.29, 1.82) is 0 Å². The molecule has 7 heteroatoms. The molecule has 2 amide bonds. The van der Waals surface area contributed by atoms with E-state index in [1.165, 1.54) is 9.60 Å². The summed E-state index contributed by atoms with van der Waals surface area (Å²) in [5, 5.41) is 3.98. The summed E-state index contributed by atoms with van der Waals surface area (Å²) >= 11 is 1.76. The molecular formula is C22H25N4O2S+. The van der Waals surface area contributed by atoms with Gasteiger partial charge in [0.15, 0.2) is 0 Å². The Hall–Kier alpha value is -2.77. The highest BCUT2D eigenvalue weighted by Gasteiger charge is 2.24. The number of amides is 2. The minimum atomic E-state index is -0.136. The number of carbonyl (C=O) groups excluding carboxylic acids is 2. The van der Waals surface area contributed by atoms with Gasteiger partial charge in [-0.05, 0) is 24.3 Å². The lowest BCUT2D eigenvalue weighted by Crippen LogP contribution is -3.13. The van der Waals surface area contributed by atoms with Crippen molar-refractivity contribution in [1.82, 2.24) is 15.2 Å². The summed E-state index contributed by atoms with van der Waals surface area (Å²) in [6.07, 6.45) is 0.339. The molecule has 4 rings (SSSR count). The average molecular weight is 410 g/mol. The molecule has 1 aromatic heterocycles. The first-order valence-electron chi connectivity index (χ1n) is 9.98. The lowest BCUT2D eigenvalue weighted by atomic mass is 10.2. The summed E-state index contributed by atoms with van der Waals surface area (Å²) in [5.74, 6) is -0.0269. The van der Waals surface area contributed by atoms with Gasteiger partial charge < -0.3 is 15.1 Å². The molecule has 29 heavy (non-hydrogen) atoms. The Balaban J connectivity index is 1.20. The van der Waals surface area contributed by atoms with Crippen LogP contribution in [-0.2, 0) is 11.3 Å². The van der Waals surface area contributed by atoms with E-state index >= 15 is 0 Å². The molecule has 0 saturated carbocycles. The van der Waals surface area contributed by atoms with Crippen molar-refractivity contribution >= 4 is 33.4 Å². The zero-order chi connectivity index (χ0) is 20.1. The van der Waals surface area contributed by atoms with Crippen LogP contribution in [0, 0.1) is 0 Å². The molecule has 0 spiro atoms. The molecule has 2 N–H and O–H groups in total. The molecule has 150 valence electrons. The molecule has 0 unspecified atom stereocenters. The van der Waals surface area contributed by atoms with E-state index < -0.39 is 0 Å². The molecular weight excluding hydrogens is 384 g/mol. The Labute approximate surface area is 174 Å². The normalized spacial score (nSPS) is 14.8. The number of fused-ring (bicyclic) bond motifs is 1. The van der Waals surface area contributed by atoms with Gasteiger partial charge in [0.05, 0.1) is 36.4 Å². The Morgan fingerprint density at radius 1 is 1.03 bits per heavy atom. The van der Waals surface area contributed by atoms with Crippen molar-refractivity contribution in [3.05, 3.63) is 65.2 Å². The number of rotatable bonds is 6. The molecule has 1 fully saturated rings. The van der Waals surface area contributed by atoms with Gasteiger partial charge in [0.2, 0.25) is 5.91 Å². The maximum atomic E-state index is 12.5. The summed E-state index contributed by atoms with van der Waals surface area (Å²) in [6, 6.07) is 17.3. The van der Waals surface area contributed by atoms with Crippen LogP contribution in [0.15, 0.2) is 54.6 Å². The Morgan fingerprint density at radius 3 is 2.52 bits per heavy atom. The minimum absolute atomic E-state index is 0.109. The number of para-hydroxylation sites is 1. The van der Waals surface area contributed by atoms with Crippen LogP contribution in [0.3, 0.4) is 0 Å². The molecule has 0 atom stereocenters. The van der Waals surface area contributed by atoms with E-state index in [1.807, 2.05) is 35.2 Å². The first kappa shape index (κ1) is 19.5. The Bertz CT molecular complexity index is 948. The smallest absolute Gasteiger partial charge is 0.251 e. The van der Waals surface area contributed by atoms with Crippen LogP contribution in [0.2, 0.25) is 0 Å². The van der Waals surface area contributed by atoms with Crippen molar-refractivity contribution in [3.8, 4) is 0 Å². The number of benzene rings is 2. The maximum Gasteiger partial charge on any atom is 0.251 e. The zero-order valence-corrected chi connectivity index (χ0v) is 17.1. The van der Waals surface area contributed by atoms with Gasteiger partial charge in [-0.1, -0.05) is 30.3 Å². The molecule has 1 aliphatic heterocycles. The van der Waals surface area contributed by atoms with Gasteiger partial charge in [-0.15, -0.1) is 11.3 Å². The van der Waals surface area contributed by atoms with Crippen LogP contribution in [0.1, 0.15) is 21.8 Å². The lowest BCUT2D eigenvalue weighted by molar-refractivity contribution is -0.917. The van der Waals surface area contributed by atoms with Crippen molar-refractivity contribution in [3.63, 3.8) is 0 Å². The second-order valence-corrected chi connectivity index (χ2v) is 8.37. The number of carbonyl (C=O) groups is 2. The maximum absolute atomic E-state index is 12.5. The molecule has 2 heterocycles. The van der Waals surface area contributed by atoms with E-state index in [-0.39, 0.29) is 11.8 Å². The van der Waals surface area contributed by atoms with Crippen molar-refractivity contribution < 1.29 is 14.5 Å². The Kier molecular flexibility index (Phi) is 6.17. The number of thiazole rings is 1. The SMILES string of the molecule is O=C(NCCC(=O)N1CC[NH+](Cc2nc3ccccc3s2)CC1)c1ccccc1. The van der Waals surface area contributed by atoms with E-state index in [0.717, 1.165) is 43.2 Å². The van der Waals surface area contributed by atoms with Gasteiger partial charge in [-0.25, -0.2) is 4.98 Å². The van der Waals surface area contributed by atoms with Crippen LogP contribution in [0.4, 0.5) is 0 Å². The number of hydrogen-bond acceptors (Lipinski definition) is 4. The Morgan fingerprint density at radius 2 is 1.76 bits per heavy atom. The van der Waals surface area contributed by atoms with E-state index in [9.17, 15) is 9.59 Å². The van der Waals surface area contributed by atoms with Crippen LogP contribution < -0.4 is 10.2 Å².